The number of rotatable bonds is 7. The average molecular weight is 465 g/mol. The van der Waals surface area contributed by atoms with E-state index in [-0.39, 0.29) is 5.75 Å². The van der Waals surface area contributed by atoms with Gasteiger partial charge in [-0.3, -0.25) is 0 Å². The summed E-state index contributed by atoms with van der Waals surface area (Å²) < 4.78 is 0. The van der Waals surface area contributed by atoms with Gasteiger partial charge in [-0.05, 0) is 88.5 Å². The molecule has 0 fully saturated rings. The molecule has 0 radical (unpaired) electrons. The van der Waals surface area contributed by atoms with Crippen molar-refractivity contribution in [2.75, 3.05) is 0 Å². The van der Waals surface area contributed by atoms with Gasteiger partial charge in [-0.2, -0.15) is 0 Å². The quantitative estimate of drug-likeness (QED) is 0.396. The first-order valence-electron chi connectivity index (χ1n) is 11.6. The fourth-order valence-electron chi connectivity index (χ4n) is 3.60. The van der Waals surface area contributed by atoms with Gasteiger partial charge in [0, 0.05) is 23.9 Å². The fourth-order valence-corrected chi connectivity index (χ4v) is 3.91. The first kappa shape index (κ1) is 26.5. The van der Waals surface area contributed by atoms with Crippen LogP contribution >= 0.6 is 11.6 Å². The van der Waals surface area contributed by atoms with Gasteiger partial charge in [0.1, 0.15) is 11.6 Å². The summed E-state index contributed by atoms with van der Waals surface area (Å²) in [5, 5.41) is 14.4. The number of aliphatic imine (C=N–C) groups is 1. The van der Waals surface area contributed by atoms with E-state index >= 15 is 0 Å². The molecule has 1 aromatic rings. The SMILES string of the molecule is C\C=C(/C=C\C(NC1=NC=C(/C=C(\C)c2c(O)cccc2Cl)C(C)=C(C)C1)=C(\C)CC)CC. The number of amidine groups is 1. The molecule has 1 heterocycles. The zero-order chi connectivity index (χ0) is 24.5. The molecule has 1 aliphatic heterocycles. The molecule has 0 saturated carbocycles. The summed E-state index contributed by atoms with van der Waals surface area (Å²) in [5.74, 6) is 1.10. The normalized spacial score (nSPS) is 16.5. The van der Waals surface area contributed by atoms with Crippen molar-refractivity contribution in [1.29, 1.82) is 0 Å². The van der Waals surface area contributed by atoms with Crippen LogP contribution in [-0.4, -0.2) is 10.9 Å². The third kappa shape index (κ3) is 7.10. The summed E-state index contributed by atoms with van der Waals surface area (Å²) in [7, 11) is 0. The van der Waals surface area contributed by atoms with E-state index in [9.17, 15) is 5.11 Å². The number of hydrogen-bond acceptors (Lipinski definition) is 3. The Hall–Kier alpha value is -2.78. The van der Waals surface area contributed by atoms with Gasteiger partial charge in [0.05, 0.1) is 5.02 Å². The molecule has 0 saturated heterocycles. The lowest BCUT2D eigenvalue weighted by atomic mass is 9.97. The van der Waals surface area contributed by atoms with Crippen LogP contribution in [0, 0.1) is 0 Å². The number of nitrogens with zero attached hydrogens (tertiary/aromatic N) is 1. The fraction of sp³-hybridized carbons (Fsp3) is 0.345. The second-order valence-electron chi connectivity index (χ2n) is 8.43. The van der Waals surface area contributed by atoms with Gasteiger partial charge < -0.3 is 10.4 Å². The zero-order valence-electron chi connectivity index (χ0n) is 21.0. The highest BCUT2D eigenvalue weighted by Gasteiger charge is 2.14. The highest BCUT2D eigenvalue weighted by atomic mass is 35.5. The van der Waals surface area contributed by atoms with Crippen LogP contribution in [0.1, 0.15) is 73.3 Å². The number of aromatic hydroxyl groups is 1. The lowest BCUT2D eigenvalue weighted by molar-refractivity contribution is 0.473. The van der Waals surface area contributed by atoms with Crippen molar-refractivity contribution < 1.29 is 5.11 Å². The minimum Gasteiger partial charge on any atom is -0.507 e. The number of halogens is 1. The van der Waals surface area contributed by atoms with E-state index in [0.717, 1.165) is 41.9 Å². The molecule has 4 heteroatoms. The molecule has 0 aliphatic carbocycles. The van der Waals surface area contributed by atoms with Crippen LogP contribution in [0.25, 0.3) is 5.57 Å². The topological polar surface area (TPSA) is 44.6 Å². The standard InChI is InChI=1S/C29H37ClN2O/c1-8-19(4)26(15-14-23(9-2)10-3)32-28-17-20(5)22(7)24(18-31-28)16-21(6)29-25(30)12-11-13-27(29)33/h9,11-16,18,33H,8,10,17H2,1-7H3,(H,31,32)/b15-14-,21-16+,23-9-,26-19+. The Labute approximate surface area is 204 Å². The Balaban J connectivity index is 2.42. The molecule has 1 aliphatic rings. The van der Waals surface area contributed by atoms with Gasteiger partial charge in [-0.15, -0.1) is 0 Å². The molecule has 0 bridgehead atoms. The maximum Gasteiger partial charge on any atom is 0.124 e. The van der Waals surface area contributed by atoms with E-state index in [1.54, 1.807) is 18.2 Å². The van der Waals surface area contributed by atoms with E-state index < -0.39 is 0 Å². The molecule has 2 rings (SSSR count). The Morgan fingerprint density at radius 2 is 1.88 bits per heavy atom. The highest BCUT2D eigenvalue weighted by molar-refractivity contribution is 6.32. The first-order valence-corrected chi connectivity index (χ1v) is 12.0. The Morgan fingerprint density at radius 1 is 1.15 bits per heavy atom. The van der Waals surface area contributed by atoms with Crippen LogP contribution in [0.5, 0.6) is 5.75 Å². The lowest BCUT2D eigenvalue weighted by Crippen LogP contribution is -2.23. The predicted molar refractivity (Wildman–Crippen MR) is 145 cm³/mol. The molecule has 176 valence electrons. The molecule has 0 atom stereocenters. The summed E-state index contributed by atoms with van der Waals surface area (Å²) in [4.78, 5) is 4.80. The Morgan fingerprint density at radius 3 is 2.48 bits per heavy atom. The van der Waals surface area contributed by atoms with Crippen LogP contribution in [0.2, 0.25) is 5.02 Å². The Kier molecular flexibility index (Phi) is 9.99. The van der Waals surface area contributed by atoms with Gasteiger partial charge in [0.15, 0.2) is 0 Å². The average Bonchev–Trinajstić information content (AvgIpc) is 2.91. The second-order valence-corrected chi connectivity index (χ2v) is 8.83. The number of phenolic OH excluding ortho intramolecular Hbond substituents is 1. The van der Waals surface area contributed by atoms with E-state index in [1.807, 2.05) is 19.2 Å². The monoisotopic (exact) mass is 464 g/mol. The van der Waals surface area contributed by atoms with Gasteiger partial charge >= 0.3 is 0 Å². The maximum absolute atomic E-state index is 10.3. The van der Waals surface area contributed by atoms with Crippen LogP contribution < -0.4 is 5.32 Å². The minimum atomic E-state index is 0.180. The van der Waals surface area contributed by atoms with Crippen LogP contribution in [-0.2, 0) is 0 Å². The summed E-state index contributed by atoms with van der Waals surface area (Å²) in [5.41, 5.74) is 8.68. The molecule has 3 nitrogen and oxygen atoms in total. The van der Waals surface area contributed by atoms with Crippen molar-refractivity contribution >= 4 is 23.0 Å². The summed E-state index contributed by atoms with van der Waals surface area (Å²) in [6.07, 6.45) is 13.1. The van der Waals surface area contributed by atoms with Crippen molar-refractivity contribution in [1.82, 2.24) is 5.32 Å². The van der Waals surface area contributed by atoms with Gasteiger partial charge in [-0.25, -0.2) is 4.99 Å². The Bertz CT molecular complexity index is 1070. The molecule has 0 aromatic heterocycles. The van der Waals surface area contributed by atoms with Crippen molar-refractivity contribution in [3.8, 4) is 5.75 Å². The van der Waals surface area contributed by atoms with Gasteiger partial charge in [-0.1, -0.05) is 60.4 Å². The van der Waals surface area contributed by atoms with E-state index in [2.05, 4.69) is 65.1 Å². The second kappa shape index (κ2) is 12.5. The molecule has 33 heavy (non-hydrogen) atoms. The van der Waals surface area contributed by atoms with Crippen molar-refractivity contribution in [2.24, 2.45) is 4.99 Å². The van der Waals surface area contributed by atoms with Gasteiger partial charge in [0.25, 0.3) is 0 Å². The molecule has 0 unspecified atom stereocenters. The first-order chi connectivity index (χ1) is 15.7. The van der Waals surface area contributed by atoms with E-state index in [0.29, 0.717) is 10.6 Å². The van der Waals surface area contributed by atoms with E-state index in [4.69, 9.17) is 16.6 Å². The number of nitrogens with one attached hydrogen (secondary N) is 1. The number of allylic oxidation sites excluding steroid dienone is 9. The summed E-state index contributed by atoms with van der Waals surface area (Å²) in [6, 6.07) is 5.19. The van der Waals surface area contributed by atoms with Crippen LogP contribution in [0.3, 0.4) is 0 Å². The summed E-state index contributed by atoms with van der Waals surface area (Å²) in [6.45, 7) is 14.8. The summed E-state index contributed by atoms with van der Waals surface area (Å²) >= 11 is 6.35. The van der Waals surface area contributed by atoms with E-state index in [1.165, 1.54) is 22.3 Å². The largest absolute Gasteiger partial charge is 0.507 e. The highest BCUT2D eigenvalue weighted by Crippen LogP contribution is 2.34. The van der Waals surface area contributed by atoms with Crippen molar-refractivity contribution in [3.63, 3.8) is 0 Å². The number of hydrogen-bond donors (Lipinski definition) is 2. The molecule has 0 spiro atoms. The molecule has 1 aromatic carbocycles. The number of benzene rings is 1. The van der Waals surface area contributed by atoms with Crippen LogP contribution in [0.15, 0.2) is 87.3 Å². The number of phenols is 1. The third-order valence-corrected chi connectivity index (χ3v) is 6.45. The van der Waals surface area contributed by atoms with Crippen molar-refractivity contribution in [3.05, 3.63) is 92.9 Å². The zero-order valence-corrected chi connectivity index (χ0v) is 21.8. The molecular weight excluding hydrogens is 428 g/mol. The van der Waals surface area contributed by atoms with Crippen molar-refractivity contribution in [2.45, 2.75) is 67.7 Å². The molecule has 0 amide bonds. The molecular formula is C29H37ClN2O. The lowest BCUT2D eigenvalue weighted by Gasteiger charge is -2.14. The van der Waals surface area contributed by atoms with Gasteiger partial charge in [0.2, 0.25) is 0 Å². The predicted octanol–water partition coefficient (Wildman–Crippen LogP) is 8.66. The molecule has 2 N–H and O–H groups in total. The maximum atomic E-state index is 10.3. The third-order valence-electron chi connectivity index (χ3n) is 6.14. The van der Waals surface area contributed by atoms with Crippen LogP contribution in [0.4, 0.5) is 0 Å². The minimum absolute atomic E-state index is 0.180. The smallest absolute Gasteiger partial charge is 0.124 e.